The fourth-order valence-corrected chi connectivity index (χ4v) is 2.16. The molecule has 1 N–H and O–H groups in total. The number of piperazine rings is 1. The monoisotopic (exact) mass is 242 g/mol. The lowest BCUT2D eigenvalue weighted by atomic mass is 9.99. The fourth-order valence-electron chi connectivity index (χ4n) is 2.16. The lowest BCUT2D eigenvalue weighted by Crippen LogP contribution is -2.60. The van der Waals surface area contributed by atoms with Crippen molar-refractivity contribution in [2.45, 2.75) is 45.2 Å². The molecule has 0 spiro atoms. The Morgan fingerprint density at radius 2 is 2.00 bits per heavy atom. The van der Waals surface area contributed by atoms with Crippen LogP contribution in [0.1, 0.15) is 33.6 Å². The van der Waals surface area contributed by atoms with E-state index in [0.29, 0.717) is 13.0 Å². The molecule has 1 aliphatic rings. The molecule has 1 heterocycles. The summed E-state index contributed by atoms with van der Waals surface area (Å²) in [5.74, 6) is -0.799. The van der Waals surface area contributed by atoms with Crippen LogP contribution < -0.4 is 0 Å². The summed E-state index contributed by atoms with van der Waals surface area (Å²) in [6, 6.07) is -0.293. The van der Waals surface area contributed by atoms with Gasteiger partial charge in [-0.1, -0.05) is 0 Å². The molecular weight excluding hydrogens is 220 g/mol. The number of amides is 1. The summed E-state index contributed by atoms with van der Waals surface area (Å²) >= 11 is 0. The Hall–Kier alpha value is -1.10. The molecule has 0 saturated carbocycles. The number of carboxylic acids is 1. The van der Waals surface area contributed by atoms with Crippen LogP contribution in [0.25, 0.3) is 0 Å². The Kier molecular flexibility index (Phi) is 4.14. The van der Waals surface area contributed by atoms with Gasteiger partial charge in [-0.3, -0.25) is 14.5 Å². The van der Waals surface area contributed by atoms with Crippen LogP contribution in [0.5, 0.6) is 0 Å². The Morgan fingerprint density at radius 3 is 2.47 bits per heavy atom. The largest absolute Gasteiger partial charge is 0.481 e. The van der Waals surface area contributed by atoms with Crippen molar-refractivity contribution in [2.24, 2.45) is 0 Å². The minimum atomic E-state index is -0.848. The predicted octanol–water partition coefficient (Wildman–Crippen LogP) is 0.792. The number of hydrogen-bond donors (Lipinski definition) is 1. The van der Waals surface area contributed by atoms with Crippen LogP contribution in [0.3, 0.4) is 0 Å². The summed E-state index contributed by atoms with van der Waals surface area (Å²) in [5, 5.41) is 8.70. The first-order valence-electron chi connectivity index (χ1n) is 5.97. The molecule has 1 atom stereocenters. The zero-order chi connectivity index (χ0) is 13.2. The van der Waals surface area contributed by atoms with E-state index in [1.54, 1.807) is 0 Å². The van der Waals surface area contributed by atoms with Crippen molar-refractivity contribution in [3.8, 4) is 0 Å². The number of rotatable bonds is 3. The highest BCUT2D eigenvalue weighted by atomic mass is 16.4. The molecule has 98 valence electrons. The van der Waals surface area contributed by atoms with E-state index in [0.717, 1.165) is 6.54 Å². The van der Waals surface area contributed by atoms with Crippen LogP contribution in [0.2, 0.25) is 0 Å². The van der Waals surface area contributed by atoms with Gasteiger partial charge >= 0.3 is 5.97 Å². The highest BCUT2D eigenvalue weighted by Gasteiger charge is 2.37. The molecule has 5 heteroatoms. The predicted molar refractivity (Wildman–Crippen MR) is 64.8 cm³/mol. The van der Waals surface area contributed by atoms with Gasteiger partial charge in [0.15, 0.2) is 0 Å². The van der Waals surface area contributed by atoms with Crippen molar-refractivity contribution in [3.05, 3.63) is 0 Å². The van der Waals surface area contributed by atoms with Gasteiger partial charge in [-0.15, -0.1) is 0 Å². The minimum Gasteiger partial charge on any atom is -0.481 e. The second-order valence-electron chi connectivity index (χ2n) is 5.59. The van der Waals surface area contributed by atoms with Crippen molar-refractivity contribution >= 4 is 11.9 Å². The molecule has 0 bridgehead atoms. The van der Waals surface area contributed by atoms with Crippen molar-refractivity contribution < 1.29 is 14.7 Å². The Labute approximate surface area is 102 Å². The molecule has 1 aliphatic heterocycles. The number of hydrogen-bond acceptors (Lipinski definition) is 3. The number of carbonyl (C=O) groups is 2. The Morgan fingerprint density at radius 1 is 1.41 bits per heavy atom. The van der Waals surface area contributed by atoms with Gasteiger partial charge in [0, 0.05) is 25.0 Å². The van der Waals surface area contributed by atoms with Gasteiger partial charge in [-0.25, -0.2) is 0 Å². The van der Waals surface area contributed by atoms with E-state index in [1.807, 2.05) is 37.6 Å². The van der Waals surface area contributed by atoms with E-state index in [9.17, 15) is 9.59 Å². The van der Waals surface area contributed by atoms with Gasteiger partial charge in [-0.05, 0) is 34.2 Å². The fraction of sp³-hybridized carbons (Fsp3) is 0.833. The van der Waals surface area contributed by atoms with Gasteiger partial charge in [0.25, 0.3) is 0 Å². The molecule has 0 aromatic heterocycles. The lowest BCUT2D eigenvalue weighted by molar-refractivity contribution is -0.147. The maximum atomic E-state index is 12.3. The molecular formula is C12H22N2O3. The van der Waals surface area contributed by atoms with Crippen LogP contribution in [0.4, 0.5) is 0 Å². The number of likely N-dealkylation sites (N-methyl/N-ethyl adjacent to an activating group) is 1. The molecule has 0 aromatic rings. The van der Waals surface area contributed by atoms with E-state index in [1.165, 1.54) is 0 Å². The van der Waals surface area contributed by atoms with Crippen molar-refractivity contribution in [1.82, 2.24) is 9.80 Å². The maximum Gasteiger partial charge on any atom is 0.303 e. The first kappa shape index (κ1) is 14.0. The summed E-state index contributed by atoms with van der Waals surface area (Å²) < 4.78 is 0. The topological polar surface area (TPSA) is 60.9 Å². The SMILES string of the molecule is CN1CCN(C(C)(C)C)C(=O)C1CCC(=O)O. The minimum absolute atomic E-state index is 0.0404. The van der Waals surface area contributed by atoms with E-state index in [-0.39, 0.29) is 23.9 Å². The smallest absolute Gasteiger partial charge is 0.303 e. The Bertz CT molecular complexity index is 309. The first-order valence-corrected chi connectivity index (χ1v) is 5.97. The standard InChI is InChI=1S/C12H22N2O3/c1-12(2,3)14-8-7-13(4)9(11(14)17)5-6-10(15)16/h9H,5-8H2,1-4H3,(H,15,16). The summed E-state index contributed by atoms with van der Waals surface area (Å²) in [4.78, 5) is 26.7. The third-order valence-corrected chi connectivity index (χ3v) is 3.20. The van der Waals surface area contributed by atoms with E-state index in [4.69, 9.17) is 5.11 Å². The second kappa shape index (κ2) is 5.04. The molecule has 1 unspecified atom stereocenters. The zero-order valence-electron chi connectivity index (χ0n) is 11.1. The lowest BCUT2D eigenvalue weighted by Gasteiger charge is -2.45. The number of carbonyl (C=O) groups excluding carboxylic acids is 1. The van der Waals surface area contributed by atoms with Gasteiger partial charge in [-0.2, -0.15) is 0 Å². The molecule has 0 aromatic carbocycles. The van der Waals surface area contributed by atoms with Crippen molar-refractivity contribution in [3.63, 3.8) is 0 Å². The highest BCUT2D eigenvalue weighted by molar-refractivity contribution is 5.83. The van der Waals surface area contributed by atoms with Gasteiger partial charge < -0.3 is 10.0 Å². The molecule has 0 aliphatic carbocycles. The maximum absolute atomic E-state index is 12.3. The molecule has 17 heavy (non-hydrogen) atoms. The Balaban J connectivity index is 2.73. The number of nitrogens with zero attached hydrogens (tertiary/aromatic N) is 2. The first-order chi connectivity index (χ1) is 7.73. The van der Waals surface area contributed by atoms with Gasteiger partial charge in [0.05, 0.1) is 6.04 Å². The number of aliphatic carboxylic acids is 1. The van der Waals surface area contributed by atoms with Gasteiger partial charge in [0.1, 0.15) is 0 Å². The van der Waals surface area contributed by atoms with Crippen LogP contribution >= 0.6 is 0 Å². The van der Waals surface area contributed by atoms with Crippen LogP contribution in [0.15, 0.2) is 0 Å². The van der Waals surface area contributed by atoms with Gasteiger partial charge in [0.2, 0.25) is 5.91 Å². The summed E-state index contributed by atoms with van der Waals surface area (Å²) in [7, 11) is 1.88. The highest BCUT2D eigenvalue weighted by Crippen LogP contribution is 2.22. The number of carboxylic acid groups (broad SMARTS) is 1. The summed E-state index contributed by atoms with van der Waals surface area (Å²) in [6.45, 7) is 7.52. The molecule has 0 radical (unpaired) electrons. The summed E-state index contributed by atoms with van der Waals surface area (Å²) in [5.41, 5.74) is -0.195. The van der Waals surface area contributed by atoms with Crippen LogP contribution in [-0.4, -0.2) is 58.5 Å². The van der Waals surface area contributed by atoms with Crippen molar-refractivity contribution in [2.75, 3.05) is 20.1 Å². The second-order valence-corrected chi connectivity index (χ2v) is 5.59. The van der Waals surface area contributed by atoms with E-state index in [2.05, 4.69) is 0 Å². The quantitative estimate of drug-likeness (QED) is 0.795. The van der Waals surface area contributed by atoms with Crippen LogP contribution in [-0.2, 0) is 9.59 Å². The average molecular weight is 242 g/mol. The van der Waals surface area contributed by atoms with E-state index >= 15 is 0 Å². The van der Waals surface area contributed by atoms with E-state index < -0.39 is 5.97 Å². The summed E-state index contributed by atoms with van der Waals surface area (Å²) in [6.07, 6.45) is 0.427. The third kappa shape index (κ3) is 3.43. The molecule has 1 fully saturated rings. The third-order valence-electron chi connectivity index (χ3n) is 3.20. The van der Waals surface area contributed by atoms with Crippen LogP contribution in [0, 0.1) is 0 Å². The molecule has 1 amide bonds. The average Bonchev–Trinajstić information content (AvgIpc) is 2.14. The van der Waals surface area contributed by atoms with Crippen molar-refractivity contribution in [1.29, 1.82) is 0 Å². The normalized spacial score (nSPS) is 22.9. The molecule has 1 rings (SSSR count). The zero-order valence-corrected chi connectivity index (χ0v) is 11.1. The molecule has 1 saturated heterocycles. The molecule has 5 nitrogen and oxygen atoms in total.